The van der Waals surface area contributed by atoms with Gasteiger partial charge in [-0.25, -0.2) is 0 Å². The van der Waals surface area contributed by atoms with Crippen molar-refractivity contribution in [3.63, 3.8) is 0 Å². The third kappa shape index (κ3) is 2.78. The molecule has 1 aromatic rings. The molecule has 5 nitrogen and oxygen atoms in total. The van der Waals surface area contributed by atoms with Gasteiger partial charge in [-0.05, 0) is 11.6 Å². The maximum absolute atomic E-state index is 10.7. The van der Waals surface area contributed by atoms with E-state index < -0.39 is 4.92 Å². The van der Waals surface area contributed by atoms with E-state index in [2.05, 4.69) is 11.3 Å². The van der Waals surface area contributed by atoms with Gasteiger partial charge in [-0.3, -0.25) is 10.1 Å². The molecule has 5 heteroatoms. The van der Waals surface area contributed by atoms with Gasteiger partial charge in [0.1, 0.15) is 0 Å². The van der Waals surface area contributed by atoms with Crippen molar-refractivity contribution in [2.75, 3.05) is 13.9 Å². The summed E-state index contributed by atoms with van der Waals surface area (Å²) in [6.07, 6.45) is 1.53. The zero-order valence-electron chi connectivity index (χ0n) is 8.30. The summed E-state index contributed by atoms with van der Waals surface area (Å²) in [5, 5.41) is 10.7. The second-order valence-electron chi connectivity index (χ2n) is 2.74. The predicted octanol–water partition coefficient (Wildman–Crippen LogP) is 2.22. The molecule has 0 saturated carbocycles. The lowest BCUT2D eigenvalue weighted by molar-refractivity contribution is -0.386. The van der Waals surface area contributed by atoms with Crippen molar-refractivity contribution in [3.8, 4) is 5.75 Å². The zero-order chi connectivity index (χ0) is 11.3. The Kier molecular flexibility index (Phi) is 3.82. The van der Waals surface area contributed by atoms with E-state index in [4.69, 9.17) is 4.74 Å². The Labute approximate surface area is 87.1 Å². The Morgan fingerprint density at radius 2 is 2.33 bits per heavy atom. The summed E-state index contributed by atoms with van der Waals surface area (Å²) < 4.78 is 9.72. The summed E-state index contributed by atoms with van der Waals surface area (Å²) in [5.74, 6) is 0.187. The van der Waals surface area contributed by atoms with Crippen LogP contribution in [0.2, 0.25) is 0 Å². The summed E-state index contributed by atoms with van der Waals surface area (Å²) in [6.45, 7) is 3.52. The van der Waals surface area contributed by atoms with Gasteiger partial charge in [0, 0.05) is 13.2 Å². The minimum Gasteiger partial charge on any atom is -0.460 e. The third-order valence-electron chi connectivity index (χ3n) is 1.75. The fourth-order valence-electron chi connectivity index (χ4n) is 1.05. The van der Waals surface area contributed by atoms with Crippen molar-refractivity contribution in [2.24, 2.45) is 0 Å². The summed E-state index contributed by atoms with van der Waals surface area (Å²) in [5.41, 5.74) is 0.580. The normalized spacial score (nSPS) is 9.67. The number of nitro benzene ring substituents is 1. The van der Waals surface area contributed by atoms with E-state index in [0.717, 1.165) is 0 Å². The lowest BCUT2D eigenvalue weighted by atomic mass is 10.2. The lowest BCUT2D eigenvalue weighted by Gasteiger charge is -2.05. The summed E-state index contributed by atoms with van der Waals surface area (Å²) >= 11 is 0. The predicted molar refractivity (Wildman–Crippen MR) is 55.7 cm³/mol. The van der Waals surface area contributed by atoms with Crippen LogP contribution in [0.1, 0.15) is 5.56 Å². The first-order valence-corrected chi connectivity index (χ1v) is 4.21. The zero-order valence-corrected chi connectivity index (χ0v) is 8.30. The first-order valence-electron chi connectivity index (χ1n) is 4.21. The Hall–Kier alpha value is -1.88. The molecular formula is C10H11NO4. The smallest absolute Gasteiger partial charge is 0.311 e. The van der Waals surface area contributed by atoms with Gasteiger partial charge in [0.25, 0.3) is 0 Å². The van der Waals surface area contributed by atoms with Gasteiger partial charge in [0.2, 0.25) is 0 Å². The molecule has 0 radical (unpaired) electrons. The molecule has 0 aliphatic heterocycles. The highest BCUT2D eigenvalue weighted by Crippen LogP contribution is 2.28. The summed E-state index contributed by atoms with van der Waals surface area (Å²) in [4.78, 5) is 10.2. The van der Waals surface area contributed by atoms with Crippen LogP contribution < -0.4 is 4.74 Å². The minimum absolute atomic E-state index is 0.0196. The van der Waals surface area contributed by atoms with E-state index in [9.17, 15) is 10.1 Å². The van der Waals surface area contributed by atoms with Crippen LogP contribution in [-0.4, -0.2) is 18.8 Å². The number of nitrogens with zero attached hydrogens (tertiary/aromatic N) is 1. The van der Waals surface area contributed by atoms with Crippen molar-refractivity contribution < 1.29 is 14.4 Å². The molecule has 0 atom stereocenters. The summed E-state index contributed by atoms with van der Waals surface area (Å²) in [6, 6.07) is 4.61. The summed E-state index contributed by atoms with van der Waals surface area (Å²) in [7, 11) is 1.45. The maximum atomic E-state index is 10.7. The highest BCUT2D eigenvalue weighted by Gasteiger charge is 2.14. The van der Waals surface area contributed by atoms with Gasteiger partial charge in [-0.1, -0.05) is 18.7 Å². The van der Waals surface area contributed by atoms with Crippen LogP contribution in [0.5, 0.6) is 5.75 Å². The second-order valence-corrected chi connectivity index (χ2v) is 2.74. The van der Waals surface area contributed by atoms with E-state index in [0.29, 0.717) is 5.56 Å². The minimum atomic E-state index is -0.502. The van der Waals surface area contributed by atoms with Crippen LogP contribution in [0.15, 0.2) is 24.8 Å². The van der Waals surface area contributed by atoms with Crippen molar-refractivity contribution in [1.82, 2.24) is 0 Å². The van der Waals surface area contributed by atoms with Crippen LogP contribution in [0.3, 0.4) is 0 Å². The molecule has 0 heterocycles. The number of methoxy groups -OCH3 is 1. The molecule has 0 aliphatic rings. The Morgan fingerprint density at radius 3 is 2.87 bits per heavy atom. The number of hydrogen-bond acceptors (Lipinski definition) is 4. The molecule has 0 N–H and O–H groups in total. The molecule has 0 aliphatic carbocycles. The lowest BCUT2D eigenvalue weighted by Crippen LogP contribution is -2.01. The highest BCUT2D eigenvalue weighted by atomic mass is 16.7. The first kappa shape index (κ1) is 11.2. The van der Waals surface area contributed by atoms with Crippen LogP contribution in [0, 0.1) is 10.1 Å². The largest absolute Gasteiger partial charge is 0.460 e. The number of rotatable bonds is 5. The van der Waals surface area contributed by atoms with Crippen LogP contribution in [0.25, 0.3) is 6.08 Å². The molecule has 0 bridgehead atoms. The van der Waals surface area contributed by atoms with Crippen molar-refractivity contribution >= 4 is 11.8 Å². The van der Waals surface area contributed by atoms with E-state index >= 15 is 0 Å². The average Bonchev–Trinajstić information content (AvgIpc) is 2.26. The maximum Gasteiger partial charge on any atom is 0.311 e. The monoisotopic (exact) mass is 209 g/mol. The molecule has 0 unspecified atom stereocenters. The van der Waals surface area contributed by atoms with Gasteiger partial charge in [0.15, 0.2) is 12.5 Å². The van der Waals surface area contributed by atoms with Crippen molar-refractivity contribution in [2.45, 2.75) is 0 Å². The molecule has 0 saturated heterocycles. The average molecular weight is 209 g/mol. The van der Waals surface area contributed by atoms with Crippen molar-refractivity contribution in [3.05, 3.63) is 40.5 Å². The molecule has 0 amide bonds. The molecule has 0 fully saturated rings. The van der Waals surface area contributed by atoms with Gasteiger partial charge in [-0.2, -0.15) is 0 Å². The van der Waals surface area contributed by atoms with Crippen LogP contribution in [-0.2, 0) is 4.74 Å². The molecule has 0 aromatic heterocycles. The standard InChI is InChI=1S/C10H11NO4/c1-3-8-4-5-10(15-7-14-2)9(6-8)11(12)13/h3-6H,1,7H2,2H3. The van der Waals surface area contributed by atoms with E-state index in [1.807, 2.05) is 0 Å². The van der Waals surface area contributed by atoms with E-state index in [-0.39, 0.29) is 18.2 Å². The molecule has 1 rings (SSSR count). The van der Waals surface area contributed by atoms with E-state index in [1.165, 1.54) is 25.3 Å². The van der Waals surface area contributed by atoms with Gasteiger partial charge >= 0.3 is 5.69 Å². The fourth-order valence-corrected chi connectivity index (χ4v) is 1.05. The number of benzene rings is 1. The molecule has 0 spiro atoms. The Bertz CT molecular complexity index is 376. The topological polar surface area (TPSA) is 61.6 Å². The number of ether oxygens (including phenoxy) is 2. The quantitative estimate of drug-likeness (QED) is 0.423. The molecular weight excluding hydrogens is 198 g/mol. The van der Waals surface area contributed by atoms with Crippen LogP contribution >= 0.6 is 0 Å². The van der Waals surface area contributed by atoms with E-state index in [1.54, 1.807) is 6.07 Å². The van der Waals surface area contributed by atoms with Crippen LogP contribution in [0.4, 0.5) is 5.69 Å². The fraction of sp³-hybridized carbons (Fsp3) is 0.200. The SMILES string of the molecule is C=Cc1ccc(OCOC)c([N+](=O)[O-])c1. The Morgan fingerprint density at radius 1 is 1.60 bits per heavy atom. The second kappa shape index (κ2) is 5.11. The molecule has 80 valence electrons. The third-order valence-corrected chi connectivity index (χ3v) is 1.75. The molecule has 15 heavy (non-hydrogen) atoms. The van der Waals surface area contributed by atoms with Gasteiger partial charge < -0.3 is 9.47 Å². The Balaban J connectivity index is 3.03. The highest BCUT2D eigenvalue weighted by molar-refractivity contribution is 5.57. The van der Waals surface area contributed by atoms with Gasteiger partial charge in [-0.15, -0.1) is 0 Å². The number of hydrogen-bond donors (Lipinski definition) is 0. The first-order chi connectivity index (χ1) is 7.19. The van der Waals surface area contributed by atoms with Gasteiger partial charge in [0.05, 0.1) is 4.92 Å². The molecule has 1 aromatic carbocycles. The van der Waals surface area contributed by atoms with Crippen molar-refractivity contribution in [1.29, 1.82) is 0 Å². The number of nitro groups is 1.